The number of hydrogen-bond acceptors (Lipinski definition) is 2. The minimum Gasteiger partial charge on any atom is -0.326 e. The van der Waals surface area contributed by atoms with E-state index < -0.39 is 0 Å². The van der Waals surface area contributed by atoms with Gasteiger partial charge in [-0.15, -0.1) is 0 Å². The molecule has 3 heteroatoms. The zero-order valence-electron chi connectivity index (χ0n) is 12.4. The topological polar surface area (TPSA) is 55.1 Å². The number of benzene rings is 2. The van der Waals surface area contributed by atoms with E-state index in [0.29, 0.717) is 6.42 Å². The molecule has 0 fully saturated rings. The molecular weight excluding hydrogens is 260 g/mol. The molecule has 2 aromatic rings. The molecule has 0 aliphatic carbocycles. The van der Waals surface area contributed by atoms with Crippen LogP contribution in [0.1, 0.15) is 40.3 Å². The lowest BCUT2D eigenvalue weighted by Crippen LogP contribution is -2.21. The van der Waals surface area contributed by atoms with Crippen molar-refractivity contribution in [2.75, 3.05) is 5.32 Å². The number of nitrogens with two attached hydrogens (primary N) is 1. The molecule has 1 heterocycles. The fourth-order valence-electron chi connectivity index (χ4n) is 2.95. The molecule has 1 unspecified atom stereocenters. The average molecular weight is 280 g/mol. The van der Waals surface area contributed by atoms with E-state index in [-0.39, 0.29) is 11.9 Å². The van der Waals surface area contributed by atoms with Gasteiger partial charge in [-0.05, 0) is 42.5 Å². The molecule has 0 radical (unpaired) electrons. The van der Waals surface area contributed by atoms with Gasteiger partial charge in [0.15, 0.2) is 0 Å². The van der Waals surface area contributed by atoms with Gasteiger partial charge in [0.1, 0.15) is 0 Å². The first-order valence-corrected chi connectivity index (χ1v) is 7.30. The molecule has 0 saturated carbocycles. The number of anilines is 1. The number of hydrogen-bond donors (Lipinski definition) is 2. The summed E-state index contributed by atoms with van der Waals surface area (Å²) >= 11 is 0. The van der Waals surface area contributed by atoms with Gasteiger partial charge in [0.05, 0.1) is 6.04 Å². The van der Waals surface area contributed by atoms with E-state index in [1.807, 2.05) is 13.0 Å². The van der Waals surface area contributed by atoms with Crippen LogP contribution in [0.25, 0.3) is 0 Å². The second-order valence-electron chi connectivity index (χ2n) is 5.81. The van der Waals surface area contributed by atoms with Crippen molar-refractivity contribution >= 4 is 11.6 Å². The summed E-state index contributed by atoms with van der Waals surface area (Å²) in [5.41, 5.74) is 13.1. The number of aryl methyl sites for hydroxylation is 3. The monoisotopic (exact) mass is 280 g/mol. The molecule has 1 aliphatic rings. The van der Waals surface area contributed by atoms with E-state index in [1.54, 1.807) is 0 Å². The summed E-state index contributed by atoms with van der Waals surface area (Å²) in [7, 11) is 0. The third-order valence-electron chi connectivity index (χ3n) is 4.09. The summed E-state index contributed by atoms with van der Waals surface area (Å²) < 4.78 is 0. The molecule has 1 atom stereocenters. The minimum atomic E-state index is -0.133. The van der Waals surface area contributed by atoms with Crippen molar-refractivity contribution in [2.45, 2.75) is 32.7 Å². The number of rotatable bonds is 2. The second kappa shape index (κ2) is 5.34. The Balaban J connectivity index is 2.00. The number of carbonyl (C=O) groups excluding carboxylic acids is 1. The third kappa shape index (κ3) is 2.69. The molecule has 3 N–H and O–H groups in total. The van der Waals surface area contributed by atoms with E-state index in [0.717, 1.165) is 28.8 Å². The highest BCUT2D eigenvalue weighted by Gasteiger charge is 2.19. The maximum atomic E-state index is 11.5. The smallest absolute Gasteiger partial charge is 0.224 e. The number of fused-ring (bicyclic) bond motifs is 1. The molecule has 0 bridgehead atoms. The Bertz CT molecular complexity index is 706. The van der Waals surface area contributed by atoms with Gasteiger partial charge in [-0.1, -0.05) is 42.0 Å². The van der Waals surface area contributed by atoms with Crippen molar-refractivity contribution in [1.29, 1.82) is 0 Å². The predicted octanol–water partition coefficient (Wildman–Crippen LogP) is 3.24. The van der Waals surface area contributed by atoms with Crippen LogP contribution in [0.2, 0.25) is 0 Å². The van der Waals surface area contributed by atoms with Gasteiger partial charge >= 0.3 is 0 Å². The van der Waals surface area contributed by atoms with E-state index in [1.165, 1.54) is 11.1 Å². The molecule has 1 aliphatic heterocycles. The first-order chi connectivity index (χ1) is 10.0. The van der Waals surface area contributed by atoms with Crippen molar-refractivity contribution < 1.29 is 4.79 Å². The van der Waals surface area contributed by atoms with Crippen molar-refractivity contribution in [2.24, 2.45) is 5.73 Å². The Kier molecular flexibility index (Phi) is 3.52. The quantitative estimate of drug-likeness (QED) is 0.887. The molecule has 0 aromatic heterocycles. The maximum absolute atomic E-state index is 11.5. The summed E-state index contributed by atoms with van der Waals surface area (Å²) in [4.78, 5) is 11.5. The van der Waals surface area contributed by atoms with Crippen molar-refractivity contribution in [3.8, 4) is 0 Å². The first kappa shape index (κ1) is 13.8. The summed E-state index contributed by atoms with van der Waals surface area (Å²) in [5.74, 6) is 0.0985. The molecule has 0 spiro atoms. The fourth-order valence-corrected chi connectivity index (χ4v) is 2.95. The van der Waals surface area contributed by atoms with Crippen LogP contribution in [-0.2, 0) is 11.2 Å². The zero-order valence-corrected chi connectivity index (χ0v) is 12.4. The molecule has 3 rings (SSSR count). The van der Waals surface area contributed by atoms with E-state index in [2.05, 4.69) is 42.6 Å². The van der Waals surface area contributed by atoms with E-state index in [9.17, 15) is 4.79 Å². The first-order valence-electron chi connectivity index (χ1n) is 7.30. The van der Waals surface area contributed by atoms with Crippen LogP contribution in [0.5, 0.6) is 0 Å². The van der Waals surface area contributed by atoms with Gasteiger partial charge in [0.25, 0.3) is 0 Å². The Morgan fingerprint density at radius 2 is 1.90 bits per heavy atom. The third-order valence-corrected chi connectivity index (χ3v) is 4.09. The summed E-state index contributed by atoms with van der Waals surface area (Å²) in [5, 5.41) is 2.96. The molecule has 1 amide bonds. The SMILES string of the molecule is Cc1cccc(C(N)c2cc(C)c3c(c2)CCC(=O)N3)c1. The molecule has 2 aromatic carbocycles. The summed E-state index contributed by atoms with van der Waals surface area (Å²) in [6, 6.07) is 12.4. The molecular formula is C18H20N2O. The highest BCUT2D eigenvalue weighted by atomic mass is 16.1. The minimum absolute atomic E-state index is 0.0985. The maximum Gasteiger partial charge on any atom is 0.224 e. The molecule has 108 valence electrons. The fraction of sp³-hybridized carbons (Fsp3) is 0.278. The Labute approximate surface area is 125 Å². The van der Waals surface area contributed by atoms with E-state index >= 15 is 0 Å². The number of nitrogens with one attached hydrogen (secondary N) is 1. The Morgan fingerprint density at radius 3 is 2.67 bits per heavy atom. The normalized spacial score (nSPS) is 15.3. The zero-order chi connectivity index (χ0) is 15.0. The van der Waals surface area contributed by atoms with Gasteiger partial charge < -0.3 is 11.1 Å². The van der Waals surface area contributed by atoms with Crippen LogP contribution in [0.4, 0.5) is 5.69 Å². The van der Waals surface area contributed by atoms with Gasteiger partial charge in [-0.25, -0.2) is 0 Å². The van der Waals surface area contributed by atoms with Gasteiger partial charge in [-0.3, -0.25) is 4.79 Å². The highest BCUT2D eigenvalue weighted by molar-refractivity contribution is 5.94. The van der Waals surface area contributed by atoms with Crippen LogP contribution in [-0.4, -0.2) is 5.91 Å². The Morgan fingerprint density at radius 1 is 1.10 bits per heavy atom. The molecule has 0 saturated heterocycles. The lowest BCUT2D eigenvalue weighted by molar-refractivity contribution is -0.116. The van der Waals surface area contributed by atoms with Crippen LogP contribution in [0.3, 0.4) is 0 Å². The van der Waals surface area contributed by atoms with Crippen molar-refractivity contribution in [3.05, 3.63) is 64.2 Å². The van der Waals surface area contributed by atoms with Crippen LogP contribution in [0.15, 0.2) is 36.4 Å². The number of amides is 1. The van der Waals surface area contributed by atoms with Crippen molar-refractivity contribution in [3.63, 3.8) is 0 Å². The molecule has 3 nitrogen and oxygen atoms in total. The van der Waals surface area contributed by atoms with E-state index in [4.69, 9.17) is 5.73 Å². The van der Waals surface area contributed by atoms with Crippen molar-refractivity contribution in [1.82, 2.24) is 0 Å². The van der Waals surface area contributed by atoms with Gasteiger partial charge in [0, 0.05) is 12.1 Å². The van der Waals surface area contributed by atoms with Gasteiger partial charge in [-0.2, -0.15) is 0 Å². The standard InChI is InChI=1S/C18H20N2O/c1-11-4-3-5-13(8-11)17(19)15-9-12(2)18-14(10-15)6-7-16(21)20-18/h3-5,8-10,17H,6-7,19H2,1-2H3,(H,20,21). The van der Waals surface area contributed by atoms with Crippen LogP contribution >= 0.6 is 0 Å². The average Bonchev–Trinajstić information content (AvgIpc) is 2.47. The van der Waals surface area contributed by atoms with Gasteiger partial charge in [0.2, 0.25) is 5.91 Å². The van der Waals surface area contributed by atoms with Crippen LogP contribution < -0.4 is 11.1 Å². The van der Waals surface area contributed by atoms with Crippen LogP contribution in [0, 0.1) is 13.8 Å². The summed E-state index contributed by atoms with van der Waals surface area (Å²) in [6.07, 6.45) is 1.34. The lowest BCUT2D eigenvalue weighted by Gasteiger charge is -2.22. The molecule has 21 heavy (non-hydrogen) atoms. The summed E-state index contributed by atoms with van der Waals surface area (Å²) in [6.45, 7) is 4.10. The lowest BCUT2D eigenvalue weighted by atomic mass is 9.91. The Hall–Kier alpha value is -2.13. The highest BCUT2D eigenvalue weighted by Crippen LogP contribution is 2.31. The second-order valence-corrected chi connectivity index (χ2v) is 5.81. The predicted molar refractivity (Wildman–Crippen MR) is 85.3 cm³/mol. The largest absolute Gasteiger partial charge is 0.326 e. The number of carbonyl (C=O) groups is 1.